The number of nitrogens with zero attached hydrogens (tertiary/aromatic N) is 3. The molecule has 1 rings (SSSR count). The Morgan fingerprint density at radius 3 is 2.75 bits per heavy atom. The van der Waals surface area contributed by atoms with Gasteiger partial charge in [-0.05, 0) is 17.2 Å². The fraction of sp³-hybridized carbons (Fsp3) is 0.250. The van der Waals surface area contributed by atoms with Crippen molar-refractivity contribution in [2.24, 2.45) is 5.11 Å². The Bertz CT molecular complexity index is 318. The highest BCUT2D eigenvalue weighted by Crippen LogP contribution is 2.24. The standard InChI is InChI=1S/C8H8ClN3/c1-6(11-12-10)7-4-2-3-5-8(7)9/h2-6H,1H3. The van der Waals surface area contributed by atoms with Crippen LogP contribution in [0.5, 0.6) is 0 Å². The van der Waals surface area contributed by atoms with Gasteiger partial charge < -0.3 is 0 Å². The van der Waals surface area contributed by atoms with Crippen LogP contribution in [0.4, 0.5) is 0 Å². The van der Waals surface area contributed by atoms with Gasteiger partial charge in [-0.3, -0.25) is 0 Å². The molecule has 0 bridgehead atoms. The van der Waals surface area contributed by atoms with Gasteiger partial charge in [0.05, 0.1) is 6.04 Å². The van der Waals surface area contributed by atoms with E-state index in [0.29, 0.717) is 5.02 Å². The van der Waals surface area contributed by atoms with E-state index in [1.807, 2.05) is 18.2 Å². The predicted octanol–water partition coefficient (Wildman–Crippen LogP) is 3.71. The molecule has 12 heavy (non-hydrogen) atoms. The predicted molar refractivity (Wildman–Crippen MR) is 49.0 cm³/mol. The van der Waals surface area contributed by atoms with Crippen molar-refractivity contribution in [1.82, 2.24) is 0 Å². The maximum absolute atomic E-state index is 8.20. The minimum atomic E-state index is -0.205. The molecule has 0 amide bonds. The van der Waals surface area contributed by atoms with E-state index >= 15 is 0 Å². The van der Waals surface area contributed by atoms with Crippen molar-refractivity contribution in [3.05, 3.63) is 45.3 Å². The SMILES string of the molecule is CC(N=[N+]=[N-])c1ccccc1Cl. The first-order valence-corrected chi connectivity index (χ1v) is 3.92. The molecule has 1 aromatic rings. The summed E-state index contributed by atoms with van der Waals surface area (Å²) in [6.07, 6.45) is 0. The highest BCUT2D eigenvalue weighted by Gasteiger charge is 2.05. The van der Waals surface area contributed by atoms with Crippen LogP contribution in [0, 0.1) is 0 Å². The first-order chi connectivity index (χ1) is 5.75. The normalized spacial score (nSPS) is 11.8. The Balaban J connectivity index is 3.02. The average Bonchev–Trinajstić information content (AvgIpc) is 2.05. The van der Waals surface area contributed by atoms with E-state index in [0.717, 1.165) is 5.56 Å². The highest BCUT2D eigenvalue weighted by atomic mass is 35.5. The zero-order valence-electron chi connectivity index (χ0n) is 6.61. The molecule has 1 aromatic carbocycles. The van der Waals surface area contributed by atoms with Gasteiger partial charge in [-0.1, -0.05) is 41.8 Å². The summed E-state index contributed by atoms with van der Waals surface area (Å²) in [7, 11) is 0. The minimum absolute atomic E-state index is 0.205. The molecule has 3 nitrogen and oxygen atoms in total. The monoisotopic (exact) mass is 181 g/mol. The first kappa shape index (κ1) is 8.91. The number of azide groups is 1. The second kappa shape index (κ2) is 4.00. The topological polar surface area (TPSA) is 48.8 Å². The summed E-state index contributed by atoms with van der Waals surface area (Å²) in [6, 6.07) is 7.13. The van der Waals surface area contributed by atoms with Gasteiger partial charge in [-0.15, -0.1) is 0 Å². The van der Waals surface area contributed by atoms with Crippen molar-refractivity contribution in [3.63, 3.8) is 0 Å². The van der Waals surface area contributed by atoms with E-state index < -0.39 is 0 Å². The summed E-state index contributed by atoms with van der Waals surface area (Å²) in [5.41, 5.74) is 9.06. The summed E-state index contributed by atoms with van der Waals surface area (Å²) >= 11 is 5.87. The number of rotatable bonds is 2. The molecule has 0 saturated heterocycles. The Morgan fingerprint density at radius 1 is 1.50 bits per heavy atom. The van der Waals surface area contributed by atoms with Crippen LogP contribution in [0.25, 0.3) is 10.4 Å². The van der Waals surface area contributed by atoms with Gasteiger partial charge in [-0.25, -0.2) is 0 Å². The lowest BCUT2D eigenvalue weighted by Gasteiger charge is -2.05. The molecule has 0 saturated carbocycles. The number of hydrogen-bond acceptors (Lipinski definition) is 1. The second-order valence-electron chi connectivity index (χ2n) is 2.40. The molecule has 0 aromatic heterocycles. The molecule has 0 heterocycles. The van der Waals surface area contributed by atoms with E-state index in [9.17, 15) is 0 Å². The molecule has 1 unspecified atom stereocenters. The summed E-state index contributed by atoms with van der Waals surface area (Å²) in [5, 5.41) is 4.19. The van der Waals surface area contributed by atoms with Crippen LogP contribution in [0.3, 0.4) is 0 Å². The van der Waals surface area contributed by atoms with Crippen LogP contribution in [-0.4, -0.2) is 0 Å². The van der Waals surface area contributed by atoms with Crippen molar-refractivity contribution >= 4 is 11.6 Å². The quantitative estimate of drug-likeness (QED) is 0.379. The van der Waals surface area contributed by atoms with Crippen LogP contribution in [0.1, 0.15) is 18.5 Å². The Kier molecular flexibility index (Phi) is 2.97. The Morgan fingerprint density at radius 2 is 2.17 bits per heavy atom. The van der Waals surface area contributed by atoms with E-state index in [1.54, 1.807) is 13.0 Å². The lowest BCUT2D eigenvalue weighted by molar-refractivity contribution is 0.808. The summed E-state index contributed by atoms with van der Waals surface area (Å²) in [6.45, 7) is 1.81. The highest BCUT2D eigenvalue weighted by molar-refractivity contribution is 6.31. The van der Waals surface area contributed by atoms with Crippen molar-refractivity contribution in [3.8, 4) is 0 Å². The Hall–Kier alpha value is -1.18. The van der Waals surface area contributed by atoms with E-state index in [1.165, 1.54) is 0 Å². The Labute approximate surface area is 75.6 Å². The molecule has 0 radical (unpaired) electrons. The summed E-state index contributed by atoms with van der Waals surface area (Å²) < 4.78 is 0. The molecule has 0 spiro atoms. The number of hydrogen-bond donors (Lipinski definition) is 0. The average molecular weight is 182 g/mol. The van der Waals surface area contributed by atoms with Gasteiger partial charge in [0.1, 0.15) is 0 Å². The maximum atomic E-state index is 8.20. The van der Waals surface area contributed by atoms with Gasteiger partial charge in [0, 0.05) is 9.93 Å². The van der Waals surface area contributed by atoms with Gasteiger partial charge >= 0.3 is 0 Å². The van der Waals surface area contributed by atoms with Gasteiger partial charge in [0.2, 0.25) is 0 Å². The maximum Gasteiger partial charge on any atom is 0.0611 e. The molecule has 4 heteroatoms. The van der Waals surface area contributed by atoms with E-state index in [2.05, 4.69) is 10.0 Å². The fourth-order valence-electron chi connectivity index (χ4n) is 0.954. The third-order valence-electron chi connectivity index (χ3n) is 1.58. The number of benzene rings is 1. The molecule has 0 aliphatic heterocycles. The smallest absolute Gasteiger partial charge is 0.0611 e. The lowest BCUT2D eigenvalue weighted by atomic mass is 10.1. The molecule has 62 valence electrons. The second-order valence-corrected chi connectivity index (χ2v) is 2.81. The minimum Gasteiger partial charge on any atom is -0.0861 e. The van der Waals surface area contributed by atoms with Gasteiger partial charge in [0.15, 0.2) is 0 Å². The lowest BCUT2D eigenvalue weighted by Crippen LogP contribution is -1.88. The first-order valence-electron chi connectivity index (χ1n) is 3.54. The van der Waals surface area contributed by atoms with Crippen LogP contribution in [0.15, 0.2) is 29.4 Å². The van der Waals surface area contributed by atoms with Crippen LogP contribution >= 0.6 is 11.6 Å². The van der Waals surface area contributed by atoms with Crippen LogP contribution in [-0.2, 0) is 0 Å². The van der Waals surface area contributed by atoms with E-state index in [4.69, 9.17) is 17.1 Å². The van der Waals surface area contributed by atoms with Crippen LogP contribution in [0.2, 0.25) is 5.02 Å². The van der Waals surface area contributed by atoms with E-state index in [-0.39, 0.29) is 6.04 Å². The molecular formula is C8H8ClN3. The number of halogens is 1. The summed E-state index contributed by atoms with van der Waals surface area (Å²) in [4.78, 5) is 2.72. The molecule has 0 fully saturated rings. The summed E-state index contributed by atoms with van der Waals surface area (Å²) in [5.74, 6) is 0. The van der Waals surface area contributed by atoms with Crippen molar-refractivity contribution in [2.75, 3.05) is 0 Å². The van der Waals surface area contributed by atoms with Gasteiger partial charge in [-0.2, -0.15) is 0 Å². The third kappa shape index (κ3) is 1.91. The molecule has 0 aliphatic rings. The fourth-order valence-corrected chi connectivity index (χ4v) is 1.25. The largest absolute Gasteiger partial charge is 0.0861 e. The molecule has 0 N–H and O–H groups in total. The molecular weight excluding hydrogens is 174 g/mol. The van der Waals surface area contributed by atoms with Crippen molar-refractivity contribution in [2.45, 2.75) is 13.0 Å². The van der Waals surface area contributed by atoms with Crippen LogP contribution < -0.4 is 0 Å². The zero-order valence-corrected chi connectivity index (χ0v) is 7.36. The molecule has 0 aliphatic carbocycles. The molecule has 1 atom stereocenters. The zero-order chi connectivity index (χ0) is 8.97. The third-order valence-corrected chi connectivity index (χ3v) is 1.92. The van der Waals surface area contributed by atoms with Crippen molar-refractivity contribution in [1.29, 1.82) is 0 Å². The van der Waals surface area contributed by atoms with Gasteiger partial charge in [0.25, 0.3) is 0 Å². The van der Waals surface area contributed by atoms with Crippen molar-refractivity contribution < 1.29 is 0 Å².